The quantitative estimate of drug-likeness (QED) is 0.822. The van der Waals surface area contributed by atoms with Gasteiger partial charge in [0, 0.05) is 24.3 Å². The highest BCUT2D eigenvalue weighted by atomic mass is 32.2. The molecule has 8 heteroatoms. The predicted molar refractivity (Wildman–Crippen MR) is 86.1 cm³/mol. The maximum atomic E-state index is 11.9. The Balaban J connectivity index is 2.70. The minimum absolute atomic E-state index is 0.183. The van der Waals surface area contributed by atoms with Crippen LogP contribution in [-0.2, 0) is 19.6 Å². The van der Waals surface area contributed by atoms with Gasteiger partial charge in [-0.2, -0.15) is 4.31 Å². The topological polar surface area (TPSA) is 95.6 Å². The van der Waals surface area contributed by atoms with Crippen molar-refractivity contribution in [3.63, 3.8) is 0 Å². The Bertz CT molecular complexity index is 639. The predicted octanol–water partition coefficient (Wildman–Crippen LogP) is 1.25. The van der Waals surface area contributed by atoms with Gasteiger partial charge in [0.25, 0.3) is 0 Å². The Kier molecular flexibility index (Phi) is 6.07. The molecule has 7 nitrogen and oxygen atoms in total. The van der Waals surface area contributed by atoms with Crippen molar-refractivity contribution in [3.05, 3.63) is 24.3 Å². The van der Waals surface area contributed by atoms with E-state index in [1.807, 2.05) is 0 Å². The zero-order valence-electron chi connectivity index (χ0n) is 13.1. The van der Waals surface area contributed by atoms with E-state index in [1.165, 1.54) is 6.92 Å². The van der Waals surface area contributed by atoms with E-state index in [1.54, 1.807) is 38.1 Å². The maximum absolute atomic E-state index is 11.9. The molecule has 0 bridgehead atoms. The van der Waals surface area contributed by atoms with Gasteiger partial charge in [0.15, 0.2) is 0 Å². The summed E-state index contributed by atoms with van der Waals surface area (Å²) in [6.07, 6.45) is 1.07. The third-order valence-corrected chi connectivity index (χ3v) is 4.19. The van der Waals surface area contributed by atoms with Crippen molar-refractivity contribution in [3.8, 4) is 0 Å². The smallest absolute Gasteiger partial charge is 0.239 e. The number of hydrogen-bond donors (Lipinski definition) is 2. The van der Waals surface area contributed by atoms with Crippen LogP contribution in [0.4, 0.5) is 11.4 Å². The highest BCUT2D eigenvalue weighted by Crippen LogP contribution is 2.14. The number of amides is 2. The summed E-state index contributed by atoms with van der Waals surface area (Å²) in [5, 5.41) is 5.24. The minimum Gasteiger partial charge on any atom is -0.326 e. The van der Waals surface area contributed by atoms with E-state index in [9.17, 15) is 18.0 Å². The molecule has 0 saturated heterocycles. The molecule has 0 saturated carbocycles. The van der Waals surface area contributed by atoms with E-state index in [2.05, 4.69) is 10.6 Å². The van der Waals surface area contributed by atoms with Crippen LogP contribution in [0.15, 0.2) is 24.3 Å². The van der Waals surface area contributed by atoms with Crippen LogP contribution in [-0.4, -0.2) is 43.4 Å². The number of carbonyl (C=O) groups excluding carboxylic acids is 2. The lowest BCUT2D eigenvalue weighted by atomic mass is 10.2. The summed E-state index contributed by atoms with van der Waals surface area (Å²) in [5.41, 5.74) is 1.14. The molecule has 0 radical (unpaired) electrons. The second-order valence-corrected chi connectivity index (χ2v) is 7.14. The first-order valence-corrected chi connectivity index (χ1v) is 8.58. The van der Waals surface area contributed by atoms with E-state index in [-0.39, 0.29) is 18.5 Å². The van der Waals surface area contributed by atoms with Crippen molar-refractivity contribution in [2.75, 3.05) is 23.4 Å². The zero-order valence-corrected chi connectivity index (χ0v) is 13.9. The lowest BCUT2D eigenvalue weighted by molar-refractivity contribution is -0.116. The standard InChI is InChI=1S/C14H21N3O4S/c1-10(2)17(22(4,20)21)9-14(19)16-13-7-5-12(6-8-13)15-11(3)18/h5-8,10H,9H2,1-4H3,(H,15,18)(H,16,19). The second-order valence-electron chi connectivity index (χ2n) is 5.21. The van der Waals surface area contributed by atoms with Crippen LogP contribution >= 0.6 is 0 Å². The number of nitrogens with one attached hydrogen (secondary N) is 2. The van der Waals surface area contributed by atoms with E-state index in [0.29, 0.717) is 11.4 Å². The highest BCUT2D eigenvalue weighted by molar-refractivity contribution is 7.88. The summed E-state index contributed by atoms with van der Waals surface area (Å²) in [6.45, 7) is 4.57. The Morgan fingerprint density at radius 2 is 1.55 bits per heavy atom. The fourth-order valence-corrected chi connectivity index (χ4v) is 2.98. The minimum atomic E-state index is -3.45. The third kappa shape index (κ3) is 5.82. The number of anilines is 2. The van der Waals surface area contributed by atoms with Gasteiger partial charge in [-0.15, -0.1) is 0 Å². The Morgan fingerprint density at radius 3 is 1.91 bits per heavy atom. The summed E-state index contributed by atoms with van der Waals surface area (Å²) in [6, 6.07) is 6.25. The van der Waals surface area contributed by atoms with Gasteiger partial charge in [-0.25, -0.2) is 8.42 Å². The van der Waals surface area contributed by atoms with Crippen LogP contribution in [0.1, 0.15) is 20.8 Å². The van der Waals surface area contributed by atoms with Crippen LogP contribution < -0.4 is 10.6 Å². The first-order valence-electron chi connectivity index (χ1n) is 6.74. The maximum Gasteiger partial charge on any atom is 0.239 e. The molecule has 122 valence electrons. The average Bonchev–Trinajstić information content (AvgIpc) is 2.36. The molecule has 0 heterocycles. The normalized spacial score (nSPS) is 11.5. The molecule has 0 atom stereocenters. The molecular weight excluding hydrogens is 306 g/mol. The summed E-state index contributed by atoms with van der Waals surface area (Å²) in [5.74, 6) is -0.607. The number of rotatable bonds is 6. The first kappa shape index (κ1) is 18.1. The number of sulfonamides is 1. The third-order valence-electron chi connectivity index (χ3n) is 2.79. The van der Waals surface area contributed by atoms with E-state index >= 15 is 0 Å². The van der Waals surface area contributed by atoms with Crippen LogP contribution in [0.5, 0.6) is 0 Å². The average molecular weight is 327 g/mol. The molecule has 1 rings (SSSR count). The van der Waals surface area contributed by atoms with E-state index < -0.39 is 15.9 Å². The van der Waals surface area contributed by atoms with Crippen molar-refractivity contribution in [1.82, 2.24) is 4.31 Å². The molecule has 22 heavy (non-hydrogen) atoms. The van der Waals surface area contributed by atoms with Crippen LogP contribution in [0.25, 0.3) is 0 Å². The summed E-state index contributed by atoms with van der Waals surface area (Å²) in [4.78, 5) is 22.9. The van der Waals surface area contributed by atoms with Crippen molar-refractivity contribution in [1.29, 1.82) is 0 Å². The molecule has 0 unspecified atom stereocenters. The molecule has 0 aliphatic rings. The fourth-order valence-electron chi connectivity index (χ4n) is 1.86. The Labute approximate surface area is 130 Å². The van der Waals surface area contributed by atoms with Gasteiger partial charge in [-0.1, -0.05) is 0 Å². The van der Waals surface area contributed by atoms with E-state index in [0.717, 1.165) is 10.6 Å². The van der Waals surface area contributed by atoms with Crippen molar-refractivity contribution >= 4 is 33.2 Å². The van der Waals surface area contributed by atoms with Gasteiger partial charge in [-0.3, -0.25) is 9.59 Å². The number of hydrogen-bond acceptors (Lipinski definition) is 4. The van der Waals surface area contributed by atoms with E-state index in [4.69, 9.17) is 0 Å². The monoisotopic (exact) mass is 327 g/mol. The van der Waals surface area contributed by atoms with Crippen LogP contribution in [0, 0.1) is 0 Å². The molecule has 0 fully saturated rings. The zero-order chi connectivity index (χ0) is 16.9. The highest BCUT2D eigenvalue weighted by Gasteiger charge is 2.23. The van der Waals surface area contributed by atoms with Gasteiger partial charge in [-0.05, 0) is 38.1 Å². The number of nitrogens with zero attached hydrogens (tertiary/aromatic N) is 1. The van der Waals surface area contributed by atoms with Gasteiger partial charge in [0.1, 0.15) is 0 Å². The van der Waals surface area contributed by atoms with Crippen molar-refractivity contribution < 1.29 is 18.0 Å². The summed E-state index contributed by atoms with van der Waals surface area (Å²) < 4.78 is 24.3. The van der Waals surface area contributed by atoms with Crippen LogP contribution in [0.2, 0.25) is 0 Å². The molecule has 1 aromatic rings. The molecule has 2 amide bonds. The molecule has 1 aromatic carbocycles. The Hall–Kier alpha value is -1.93. The molecule has 0 aromatic heterocycles. The summed E-state index contributed by atoms with van der Waals surface area (Å²) >= 11 is 0. The van der Waals surface area contributed by atoms with Gasteiger partial charge in [0.2, 0.25) is 21.8 Å². The van der Waals surface area contributed by atoms with Gasteiger partial charge < -0.3 is 10.6 Å². The molecule has 0 aliphatic carbocycles. The largest absolute Gasteiger partial charge is 0.326 e. The second kappa shape index (κ2) is 7.37. The lowest BCUT2D eigenvalue weighted by Crippen LogP contribution is -2.41. The first-order chi connectivity index (χ1) is 10.1. The van der Waals surface area contributed by atoms with Crippen molar-refractivity contribution in [2.24, 2.45) is 0 Å². The SMILES string of the molecule is CC(=O)Nc1ccc(NC(=O)CN(C(C)C)S(C)(=O)=O)cc1. The Morgan fingerprint density at radius 1 is 1.09 bits per heavy atom. The number of carbonyl (C=O) groups is 2. The van der Waals surface area contributed by atoms with Gasteiger partial charge >= 0.3 is 0 Å². The molecule has 2 N–H and O–H groups in total. The van der Waals surface area contributed by atoms with Crippen LogP contribution in [0.3, 0.4) is 0 Å². The van der Waals surface area contributed by atoms with Gasteiger partial charge in [0.05, 0.1) is 12.8 Å². The molecular formula is C14H21N3O4S. The van der Waals surface area contributed by atoms with Crippen molar-refractivity contribution in [2.45, 2.75) is 26.8 Å². The molecule has 0 aliphatic heterocycles. The number of benzene rings is 1. The molecule has 0 spiro atoms. The lowest BCUT2D eigenvalue weighted by Gasteiger charge is -2.23. The summed E-state index contributed by atoms with van der Waals surface area (Å²) in [7, 11) is -3.45. The fraction of sp³-hybridized carbons (Fsp3) is 0.429.